The maximum atomic E-state index is 7.01. The molecule has 2 aromatic heterocycles. The number of halogens is 2. The van der Waals surface area contributed by atoms with Crippen LogP contribution in [0.4, 0.5) is 5.69 Å². The van der Waals surface area contributed by atoms with E-state index in [1.807, 2.05) is 30.2 Å². The number of benzene rings is 2. The number of hydrogen-bond donors (Lipinski definition) is 0. The Balaban J connectivity index is 1.47. The SMILES string of the molecule is Cc1cc(CCCCC2c3ccc(Cl)c(-c4c(C)nn(C)c4C)c3N(Cc3cccnc3)C2C)cc(C)c1Cl. The molecule has 0 radical (unpaired) electrons. The number of unbranched alkanes of at least 4 members (excludes halogenated alkanes) is 1. The third-order valence-electron chi connectivity index (χ3n) is 8.48. The number of nitrogens with zero attached hydrogens (tertiary/aromatic N) is 4. The summed E-state index contributed by atoms with van der Waals surface area (Å²) in [5.74, 6) is 0.429. The second kappa shape index (κ2) is 11.3. The molecule has 1 aliphatic heterocycles. The number of fused-ring (bicyclic) bond motifs is 1. The fraction of sp³-hybridized carbons (Fsp3) is 0.394. The Morgan fingerprint density at radius 2 is 1.67 bits per heavy atom. The molecule has 2 unspecified atom stereocenters. The third-order valence-corrected chi connectivity index (χ3v) is 9.39. The molecular formula is C33H38Cl2N4. The smallest absolute Gasteiger partial charge is 0.0676 e. The van der Waals surface area contributed by atoms with Crippen LogP contribution < -0.4 is 4.90 Å². The number of rotatable bonds is 8. The summed E-state index contributed by atoms with van der Waals surface area (Å²) in [6.45, 7) is 11.6. The highest BCUT2D eigenvalue weighted by Crippen LogP contribution is 2.52. The molecule has 0 aliphatic carbocycles. The molecule has 2 aromatic carbocycles. The minimum Gasteiger partial charge on any atom is -0.363 e. The number of pyridine rings is 1. The van der Waals surface area contributed by atoms with E-state index in [0.717, 1.165) is 58.4 Å². The first-order valence-electron chi connectivity index (χ1n) is 13.9. The average molecular weight is 562 g/mol. The van der Waals surface area contributed by atoms with Crippen LogP contribution in [0.5, 0.6) is 0 Å². The van der Waals surface area contributed by atoms with Gasteiger partial charge < -0.3 is 4.90 Å². The Morgan fingerprint density at radius 3 is 2.31 bits per heavy atom. The van der Waals surface area contributed by atoms with E-state index in [1.165, 1.54) is 39.9 Å². The van der Waals surface area contributed by atoms with Gasteiger partial charge in [0.1, 0.15) is 0 Å². The summed E-state index contributed by atoms with van der Waals surface area (Å²) >= 11 is 13.4. The van der Waals surface area contributed by atoms with Crippen molar-refractivity contribution in [3.05, 3.63) is 98.0 Å². The average Bonchev–Trinajstić information content (AvgIpc) is 3.31. The van der Waals surface area contributed by atoms with E-state index in [9.17, 15) is 0 Å². The van der Waals surface area contributed by atoms with Crippen LogP contribution >= 0.6 is 23.2 Å². The van der Waals surface area contributed by atoms with Crippen molar-refractivity contribution < 1.29 is 0 Å². The molecule has 3 heterocycles. The van der Waals surface area contributed by atoms with Crippen molar-refractivity contribution in [3.63, 3.8) is 0 Å². The summed E-state index contributed by atoms with van der Waals surface area (Å²) in [7, 11) is 2.01. The zero-order chi connectivity index (χ0) is 27.8. The lowest BCUT2D eigenvalue weighted by Gasteiger charge is -2.29. The first kappa shape index (κ1) is 27.7. The highest BCUT2D eigenvalue weighted by atomic mass is 35.5. The van der Waals surface area contributed by atoms with Crippen molar-refractivity contribution in [2.75, 3.05) is 4.90 Å². The van der Waals surface area contributed by atoms with Gasteiger partial charge in [-0.25, -0.2) is 0 Å². The minimum absolute atomic E-state index is 0.342. The maximum absolute atomic E-state index is 7.01. The summed E-state index contributed by atoms with van der Waals surface area (Å²) in [4.78, 5) is 6.94. The van der Waals surface area contributed by atoms with Gasteiger partial charge in [0.25, 0.3) is 0 Å². The molecular weight excluding hydrogens is 523 g/mol. The number of hydrogen-bond acceptors (Lipinski definition) is 3. The highest BCUT2D eigenvalue weighted by molar-refractivity contribution is 6.34. The van der Waals surface area contributed by atoms with Gasteiger partial charge in [-0.2, -0.15) is 5.10 Å². The van der Waals surface area contributed by atoms with Gasteiger partial charge in [-0.3, -0.25) is 9.67 Å². The largest absolute Gasteiger partial charge is 0.363 e. The second-order valence-corrected chi connectivity index (χ2v) is 11.9. The van der Waals surface area contributed by atoms with Crippen molar-refractivity contribution in [1.29, 1.82) is 0 Å². The molecule has 0 fully saturated rings. The Labute approximate surface area is 243 Å². The zero-order valence-corrected chi connectivity index (χ0v) is 25.4. The lowest BCUT2D eigenvalue weighted by Crippen LogP contribution is -2.31. The molecule has 0 bridgehead atoms. The Hall–Kier alpha value is -2.82. The van der Waals surface area contributed by atoms with Crippen LogP contribution in [0, 0.1) is 27.7 Å². The lowest BCUT2D eigenvalue weighted by atomic mass is 9.88. The van der Waals surface area contributed by atoms with Gasteiger partial charge in [0, 0.05) is 59.8 Å². The van der Waals surface area contributed by atoms with Crippen molar-refractivity contribution in [3.8, 4) is 11.1 Å². The standard InChI is InChI=1S/C33H38Cl2N4/c1-20-16-25(17-21(2)32(20)35)10-7-8-12-27-23(4)39(19-26-11-9-15-36-18-26)33-28(27)13-14-29(34)31(33)30-22(3)37-38(6)24(30)5/h9,11,13-18,23,27H,7-8,10,12,19H2,1-6H3. The van der Waals surface area contributed by atoms with Crippen molar-refractivity contribution in [1.82, 2.24) is 14.8 Å². The Bertz CT molecular complexity index is 1470. The Kier molecular flexibility index (Phi) is 8.07. The second-order valence-electron chi connectivity index (χ2n) is 11.2. The molecule has 0 saturated carbocycles. The van der Waals surface area contributed by atoms with E-state index >= 15 is 0 Å². The zero-order valence-electron chi connectivity index (χ0n) is 23.9. The number of aryl methyl sites for hydroxylation is 5. The van der Waals surface area contributed by atoms with E-state index < -0.39 is 0 Å². The van der Waals surface area contributed by atoms with Gasteiger partial charge in [0.05, 0.1) is 16.4 Å². The van der Waals surface area contributed by atoms with Crippen LogP contribution in [-0.2, 0) is 20.0 Å². The van der Waals surface area contributed by atoms with E-state index in [2.05, 4.69) is 74.8 Å². The monoisotopic (exact) mass is 560 g/mol. The first-order chi connectivity index (χ1) is 18.7. The van der Waals surface area contributed by atoms with Gasteiger partial charge in [-0.15, -0.1) is 0 Å². The van der Waals surface area contributed by atoms with Gasteiger partial charge in [-0.1, -0.05) is 53.9 Å². The normalized spacial score (nSPS) is 16.7. The van der Waals surface area contributed by atoms with Gasteiger partial charge >= 0.3 is 0 Å². The van der Waals surface area contributed by atoms with Crippen LogP contribution in [0.2, 0.25) is 10.0 Å². The molecule has 0 saturated heterocycles. The van der Waals surface area contributed by atoms with E-state index in [0.29, 0.717) is 12.0 Å². The van der Waals surface area contributed by atoms with E-state index in [1.54, 1.807) is 0 Å². The fourth-order valence-corrected chi connectivity index (χ4v) is 6.78. The summed E-state index contributed by atoms with van der Waals surface area (Å²) in [6.07, 6.45) is 8.34. The predicted molar refractivity (Wildman–Crippen MR) is 164 cm³/mol. The summed E-state index contributed by atoms with van der Waals surface area (Å²) in [6, 6.07) is 13.4. The van der Waals surface area contributed by atoms with Gasteiger partial charge in [-0.05, 0) is 93.8 Å². The molecule has 0 amide bonds. The number of anilines is 1. The van der Waals surface area contributed by atoms with Crippen LogP contribution in [0.1, 0.15) is 71.3 Å². The summed E-state index contributed by atoms with van der Waals surface area (Å²) in [5, 5.41) is 6.40. The molecule has 1 aliphatic rings. The summed E-state index contributed by atoms with van der Waals surface area (Å²) < 4.78 is 1.96. The predicted octanol–water partition coefficient (Wildman–Crippen LogP) is 8.93. The minimum atomic E-state index is 0.342. The molecule has 5 rings (SSSR count). The van der Waals surface area contributed by atoms with Crippen LogP contribution in [0.25, 0.3) is 11.1 Å². The fourth-order valence-electron chi connectivity index (χ4n) is 6.43. The van der Waals surface area contributed by atoms with Gasteiger partial charge in [0.2, 0.25) is 0 Å². The Morgan fingerprint density at radius 1 is 0.923 bits per heavy atom. The molecule has 204 valence electrons. The van der Waals surface area contributed by atoms with Crippen LogP contribution in [0.3, 0.4) is 0 Å². The molecule has 4 aromatic rings. The molecule has 2 atom stereocenters. The molecule has 4 nitrogen and oxygen atoms in total. The van der Waals surface area contributed by atoms with Gasteiger partial charge in [0.15, 0.2) is 0 Å². The topological polar surface area (TPSA) is 34.0 Å². The maximum Gasteiger partial charge on any atom is 0.0676 e. The third kappa shape index (κ3) is 5.34. The summed E-state index contributed by atoms with van der Waals surface area (Å²) in [5.41, 5.74) is 12.0. The van der Waals surface area contributed by atoms with E-state index in [-0.39, 0.29) is 0 Å². The van der Waals surface area contributed by atoms with Crippen molar-refractivity contribution >= 4 is 28.9 Å². The molecule has 0 N–H and O–H groups in total. The van der Waals surface area contributed by atoms with Crippen molar-refractivity contribution in [2.24, 2.45) is 7.05 Å². The van der Waals surface area contributed by atoms with E-state index in [4.69, 9.17) is 28.3 Å². The lowest BCUT2D eigenvalue weighted by molar-refractivity contribution is 0.500. The molecule has 6 heteroatoms. The van der Waals surface area contributed by atoms with Crippen molar-refractivity contribution in [2.45, 2.75) is 78.8 Å². The van der Waals surface area contributed by atoms with Crippen LogP contribution in [0.15, 0.2) is 48.8 Å². The first-order valence-corrected chi connectivity index (χ1v) is 14.7. The molecule has 39 heavy (non-hydrogen) atoms. The van der Waals surface area contributed by atoms with Crippen LogP contribution in [-0.4, -0.2) is 20.8 Å². The quantitative estimate of drug-likeness (QED) is 0.202. The highest BCUT2D eigenvalue weighted by Gasteiger charge is 2.38. The number of aromatic nitrogens is 3. The molecule has 0 spiro atoms.